The van der Waals surface area contributed by atoms with Crippen LogP contribution >= 0.6 is 27.5 Å². The number of carbonyl (C=O) groups is 2. The summed E-state index contributed by atoms with van der Waals surface area (Å²) in [4.78, 5) is 35.8. The number of aromatic nitrogens is 1. The minimum atomic E-state index is -0.631. The zero-order valence-electron chi connectivity index (χ0n) is 11.2. The van der Waals surface area contributed by atoms with Crippen LogP contribution in [-0.2, 0) is 0 Å². The van der Waals surface area contributed by atoms with Crippen LogP contribution in [0.3, 0.4) is 0 Å². The molecule has 0 fully saturated rings. The number of benzene rings is 1. The smallest absolute Gasteiger partial charge is 0.262 e. The van der Waals surface area contributed by atoms with Gasteiger partial charge in [0.15, 0.2) is 0 Å². The maximum Gasteiger partial charge on any atom is 0.262 e. The van der Waals surface area contributed by atoms with E-state index in [2.05, 4.69) is 21.2 Å². The molecule has 22 heavy (non-hydrogen) atoms. The van der Waals surface area contributed by atoms with E-state index < -0.39 is 17.4 Å². The molecule has 0 spiro atoms. The SMILES string of the molecule is Cc1c(Br)ccc(-n2c(N)c3c(cc2=O)C(=O)NC3=O)c1Cl. The summed E-state index contributed by atoms with van der Waals surface area (Å²) in [6, 6.07) is 4.42. The van der Waals surface area contributed by atoms with E-state index >= 15 is 0 Å². The highest BCUT2D eigenvalue weighted by atomic mass is 79.9. The van der Waals surface area contributed by atoms with Gasteiger partial charge in [-0.05, 0) is 24.6 Å². The van der Waals surface area contributed by atoms with E-state index in [1.165, 1.54) is 0 Å². The molecule has 1 aromatic heterocycles. The quantitative estimate of drug-likeness (QED) is 0.738. The average molecular weight is 383 g/mol. The fourth-order valence-electron chi connectivity index (χ4n) is 2.35. The highest BCUT2D eigenvalue weighted by molar-refractivity contribution is 9.10. The Hall–Kier alpha value is -2.12. The topological polar surface area (TPSA) is 94.2 Å². The van der Waals surface area contributed by atoms with Crippen molar-refractivity contribution in [1.82, 2.24) is 9.88 Å². The van der Waals surface area contributed by atoms with Gasteiger partial charge in [0.05, 0.1) is 21.8 Å². The lowest BCUT2D eigenvalue weighted by molar-refractivity contribution is 0.0880. The molecule has 6 nitrogen and oxygen atoms in total. The Morgan fingerprint density at radius 3 is 2.59 bits per heavy atom. The van der Waals surface area contributed by atoms with Crippen LogP contribution in [0.15, 0.2) is 27.5 Å². The first kappa shape index (κ1) is 14.8. The number of rotatable bonds is 1. The number of nitrogens with two attached hydrogens (primary N) is 1. The second-order valence-electron chi connectivity index (χ2n) is 4.78. The van der Waals surface area contributed by atoms with Crippen molar-refractivity contribution in [2.75, 3.05) is 5.73 Å². The second-order valence-corrected chi connectivity index (χ2v) is 6.01. The fraction of sp³-hybridized carbons (Fsp3) is 0.0714. The molecule has 2 amide bonds. The van der Waals surface area contributed by atoms with Crippen LogP contribution in [0.4, 0.5) is 5.82 Å². The lowest BCUT2D eigenvalue weighted by Crippen LogP contribution is -2.24. The number of nitrogen functional groups attached to an aromatic ring is 1. The van der Waals surface area contributed by atoms with E-state index in [0.29, 0.717) is 10.7 Å². The first-order valence-electron chi connectivity index (χ1n) is 6.19. The molecule has 1 aliphatic rings. The zero-order chi connectivity index (χ0) is 16.2. The minimum absolute atomic E-state index is 0.0127. The molecule has 0 radical (unpaired) electrons. The van der Waals surface area contributed by atoms with Gasteiger partial charge in [-0.25, -0.2) is 0 Å². The van der Waals surface area contributed by atoms with Crippen molar-refractivity contribution in [3.8, 4) is 5.69 Å². The van der Waals surface area contributed by atoms with Crippen LogP contribution in [0.1, 0.15) is 26.3 Å². The van der Waals surface area contributed by atoms with E-state index in [1.807, 2.05) is 0 Å². The van der Waals surface area contributed by atoms with Gasteiger partial charge in [0, 0.05) is 10.5 Å². The maximum absolute atomic E-state index is 12.3. The summed E-state index contributed by atoms with van der Waals surface area (Å²) in [6.07, 6.45) is 0. The lowest BCUT2D eigenvalue weighted by atomic mass is 10.1. The van der Waals surface area contributed by atoms with Gasteiger partial charge in [-0.3, -0.25) is 24.3 Å². The van der Waals surface area contributed by atoms with Gasteiger partial charge in [0.25, 0.3) is 17.4 Å². The van der Waals surface area contributed by atoms with Crippen LogP contribution in [-0.4, -0.2) is 16.4 Å². The molecular formula is C14H9BrClN3O3. The summed E-state index contributed by atoms with van der Waals surface area (Å²) >= 11 is 9.63. The Balaban J connectivity index is 2.38. The van der Waals surface area contributed by atoms with Crippen molar-refractivity contribution in [2.24, 2.45) is 0 Å². The monoisotopic (exact) mass is 381 g/mol. The summed E-state index contributed by atoms with van der Waals surface area (Å²) in [5.41, 5.74) is 6.46. The molecule has 2 aromatic rings. The number of amides is 2. The Labute approximate surface area is 138 Å². The summed E-state index contributed by atoms with van der Waals surface area (Å²) in [5, 5.41) is 2.44. The number of hydrogen-bond donors (Lipinski definition) is 2. The number of anilines is 1. The number of nitrogens with zero attached hydrogens (tertiary/aromatic N) is 1. The average Bonchev–Trinajstić information content (AvgIpc) is 2.73. The molecule has 8 heteroatoms. The summed E-state index contributed by atoms with van der Waals surface area (Å²) < 4.78 is 1.90. The third-order valence-corrected chi connectivity index (χ3v) is 4.83. The van der Waals surface area contributed by atoms with Crippen molar-refractivity contribution in [3.63, 3.8) is 0 Å². The van der Waals surface area contributed by atoms with E-state index in [0.717, 1.165) is 20.7 Å². The molecule has 0 bridgehead atoms. The predicted octanol–water partition coefficient (Wildman–Crippen LogP) is 2.03. The summed E-state index contributed by atoms with van der Waals surface area (Å²) in [7, 11) is 0. The predicted molar refractivity (Wildman–Crippen MR) is 85.7 cm³/mol. The first-order chi connectivity index (χ1) is 10.3. The highest BCUT2D eigenvalue weighted by Gasteiger charge is 2.32. The number of carbonyl (C=O) groups excluding carboxylic acids is 2. The molecule has 0 atom stereocenters. The maximum atomic E-state index is 12.3. The Morgan fingerprint density at radius 2 is 1.91 bits per heavy atom. The largest absolute Gasteiger partial charge is 0.384 e. The number of halogens is 2. The summed E-state index contributed by atoms with van der Waals surface area (Å²) in [5.74, 6) is -1.38. The first-order valence-corrected chi connectivity index (χ1v) is 7.36. The fourth-order valence-corrected chi connectivity index (χ4v) is 3.04. The molecule has 1 aliphatic heterocycles. The molecule has 0 saturated heterocycles. The number of imide groups is 1. The highest BCUT2D eigenvalue weighted by Crippen LogP contribution is 2.32. The van der Waals surface area contributed by atoms with Gasteiger partial charge in [-0.15, -0.1) is 0 Å². The van der Waals surface area contributed by atoms with Gasteiger partial charge in [-0.2, -0.15) is 0 Å². The summed E-state index contributed by atoms with van der Waals surface area (Å²) in [6.45, 7) is 1.78. The van der Waals surface area contributed by atoms with Crippen molar-refractivity contribution >= 4 is 45.2 Å². The molecule has 0 saturated carbocycles. The number of fused-ring (bicyclic) bond motifs is 1. The molecule has 0 aliphatic carbocycles. The number of hydrogen-bond acceptors (Lipinski definition) is 4. The minimum Gasteiger partial charge on any atom is -0.384 e. The Kier molecular flexibility index (Phi) is 3.34. The zero-order valence-corrected chi connectivity index (χ0v) is 13.6. The van der Waals surface area contributed by atoms with Gasteiger partial charge < -0.3 is 5.73 Å². The van der Waals surface area contributed by atoms with Gasteiger partial charge in [-0.1, -0.05) is 27.5 Å². The molecule has 1 aromatic carbocycles. The number of nitrogens with one attached hydrogen (secondary N) is 1. The Bertz CT molecular complexity index is 921. The number of pyridine rings is 1. The van der Waals surface area contributed by atoms with Gasteiger partial charge in [0.1, 0.15) is 5.82 Å². The molecule has 2 heterocycles. The van der Waals surface area contributed by atoms with Gasteiger partial charge in [0.2, 0.25) is 0 Å². The third kappa shape index (κ3) is 1.97. The second kappa shape index (κ2) is 4.96. The third-order valence-electron chi connectivity index (χ3n) is 3.49. The van der Waals surface area contributed by atoms with Crippen molar-refractivity contribution in [3.05, 3.63) is 54.7 Å². The Morgan fingerprint density at radius 1 is 1.23 bits per heavy atom. The van der Waals surface area contributed by atoms with Crippen LogP contribution in [0, 0.1) is 6.92 Å². The molecule has 3 N–H and O–H groups in total. The van der Waals surface area contributed by atoms with Crippen LogP contribution in [0.5, 0.6) is 0 Å². The standard InChI is InChI=1S/C14H9BrClN3O3/c1-5-7(15)2-3-8(11(5)16)19-9(20)4-6-10(12(19)17)14(22)18-13(6)21/h2-4H,17H2,1H3,(H,18,21,22). The lowest BCUT2D eigenvalue weighted by Gasteiger charge is -2.15. The van der Waals surface area contributed by atoms with E-state index in [4.69, 9.17) is 17.3 Å². The van der Waals surface area contributed by atoms with E-state index in [1.54, 1.807) is 19.1 Å². The van der Waals surface area contributed by atoms with Crippen molar-refractivity contribution in [2.45, 2.75) is 6.92 Å². The molecule has 3 rings (SSSR count). The molecular weight excluding hydrogens is 374 g/mol. The van der Waals surface area contributed by atoms with Gasteiger partial charge >= 0.3 is 0 Å². The van der Waals surface area contributed by atoms with Crippen molar-refractivity contribution in [1.29, 1.82) is 0 Å². The van der Waals surface area contributed by atoms with Crippen molar-refractivity contribution < 1.29 is 9.59 Å². The van der Waals surface area contributed by atoms with Crippen LogP contribution in [0.25, 0.3) is 5.69 Å². The van der Waals surface area contributed by atoms with E-state index in [-0.39, 0.29) is 16.9 Å². The van der Waals surface area contributed by atoms with Crippen LogP contribution in [0.2, 0.25) is 5.02 Å². The van der Waals surface area contributed by atoms with E-state index in [9.17, 15) is 14.4 Å². The normalized spacial score (nSPS) is 13.2. The molecule has 0 unspecified atom stereocenters. The van der Waals surface area contributed by atoms with Crippen LogP contribution < -0.4 is 16.6 Å². The molecule has 112 valence electrons.